The summed E-state index contributed by atoms with van der Waals surface area (Å²) in [4.78, 5) is 44.7. The van der Waals surface area contributed by atoms with E-state index in [9.17, 15) is 14.4 Å². The standard InChI is InChI=1S/C34H45ClN4O3/c1-24-9-11-31(23-32(24)35)39(34(42)27-15-19-37(20-16-27)25(2)40)18-6-17-38-29-12-13-30(38)22-28(21-29)36-33(41)14-10-26-7-4-3-5-8-26/h3-5,7-9,11,23,27-30H,6,10,12-22H2,1-2H3,(H,36,41). The summed E-state index contributed by atoms with van der Waals surface area (Å²) in [5, 5.41) is 3.99. The van der Waals surface area contributed by atoms with Crippen molar-refractivity contribution in [1.82, 2.24) is 15.1 Å². The highest BCUT2D eigenvalue weighted by molar-refractivity contribution is 6.31. The molecule has 5 rings (SSSR count). The van der Waals surface area contributed by atoms with Gasteiger partial charge in [0, 0.05) is 74.3 Å². The number of rotatable bonds is 10. The molecule has 0 saturated carbocycles. The average Bonchev–Trinajstić information content (AvgIpc) is 3.23. The fourth-order valence-electron chi connectivity index (χ4n) is 7.15. The molecule has 8 heteroatoms. The maximum Gasteiger partial charge on any atom is 0.230 e. The summed E-state index contributed by atoms with van der Waals surface area (Å²) in [6.45, 7) is 6.42. The summed E-state index contributed by atoms with van der Waals surface area (Å²) in [5.41, 5.74) is 3.04. The van der Waals surface area contributed by atoms with Gasteiger partial charge in [0.1, 0.15) is 0 Å². The molecule has 2 aromatic rings. The van der Waals surface area contributed by atoms with Crippen LogP contribution in [0.2, 0.25) is 5.02 Å². The number of benzene rings is 2. The molecule has 42 heavy (non-hydrogen) atoms. The fraction of sp³-hybridized carbons (Fsp3) is 0.559. The number of likely N-dealkylation sites (tertiary alicyclic amines) is 1. The van der Waals surface area contributed by atoms with E-state index in [0.29, 0.717) is 56.0 Å². The van der Waals surface area contributed by atoms with E-state index >= 15 is 0 Å². The van der Waals surface area contributed by atoms with E-state index in [4.69, 9.17) is 11.6 Å². The number of aryl methyl sites for hydroxylation is 2. The van der Waals surface area contributed by atoms with Crippen LogP contribution in [0.1, 0.15) is 69.4 Å². The van der Waals surface area contributed by atoms with Crippen LogP contribution in [0.3, 0.4) is 0 Å². The smallest absolute Gasteiger partial charge is 0.230 e. The monoisotopic (exact) mass is 592 g/mol. The first-order chi connectivity index (χ1) is 20.3. The van der Waals surface area contributed by atoms with Crippen molar-refractivity contribution in [3.8, 4) is 0 Å². The molecule has 2 atom stereocenters. The molecule has 3 saturated heterocycles. The minimum atomic E-state index is -0.0851. The van der Waals surface area contributed by atoms with Crippen molar-refractivity contribution in [2.24, 2.45) is 5.92 Å². The highest BCUT2D eigenvalue weighted by Crippen LogP contribution is 2.36. The molecule has 0 radical (unpaired) electrons. The maximum atomic E-state index is 13.8. The molecule has 1 N–H and O–H groups in total. The molecule has 7 nitrogen and oxygen atoms in total. The predicted octanol–water partition coefficient (Wildman–Crippen LogP) is 5.37. The Morgan fingerprint density at radius 1 is 0.976 bits per heavy atom. The lowest BCUT2D eigenvalue weighted by atomic mass is 9.94. The van der Waals surface area contributed by atoms with Crippen molar-refractivity contribution < 1.29 is 14.4 Å². The van der Waals surface area contributed by atoms with Gasteiger partial charge in [-0.2, -0.15) is 0 Å². The van der Waals surface area contributed by atoms with Crippen LogP contribution >= 0.6 is 11.6 Å². The van der Waals surface area contributed by atoms with Gasteiger partial charge in [-0.3, -0.25) is 19.3 Å². The number of hydrogen-bond acceptors (Lipinski definition) is 4. The van der Waals surface area contributed by atoms with E-state index in [1.165, 1.54) is 18.4 Å². The van der Waals surface area contributed by atoms with Crippen LogP contribution in [-0.4, -0.2) is 71.8 Å². The molecule has 2 bridgehead atoms. The lowest BCUT2D eigenvalue weighted by Crippen LogP contribution is -2.51. The molecule has 3 aliphatic rings. The Balaban J connectivity index is 1.15. The predicted molar refractivity (Wildman–Crippen MR) is 168 cm³/mol. The summed E-state index contributed by atoms with van der Waals surface area (Å²) < 4.78 is 0. The lowest BCUT2D eigenvalue weighted by molar-refractivity contribution is -0.133. The van der Waals surface area contributed by atoms with Crippen LogP contribution in [0.5, 0.6) is 0 Å². The third kappa shape index (κ3) is 7.54. The first-order valence-electron chi connectivity index (χ1n) is 15.7. The minimum Gasteiger partial charge on any atom is -0.353 e. The van der Waals surface area contributed by atoms with Gasteiger partial charge in [0.05, 0.1) is 0 Å². The van der Waals surface area contributed by atoms with Crippen LogP contribution in [0.4, 0.5) is 5.69 Å². The quantitative estimate of drug-likeness (QED) is 0.402. The Bertz CT molecular complexity index is 1230. The van der Waals surface area contributed by atoms with Gasteiger partial charge in [0.2, 0.25) is 17.7 Å². The Labute approximate surface area is 255 Å². The van der Waals surface area contributed by atoms with Crippen LogP contribution < -0.4 is 10.2 Å². The molecule has 2 unspecified atom stereocenters. The lowest BCUT2D eigenvalue weighted by Gasteiger charge is -2.40. The molecular formula is C34H45ClN4O3. The van der Waals surface area contributed by atoms with E-state index in [1.807, 2.05) is 53.1 Å². The van der Waals surface area contributed by atoms with Crippen molar-refractivity contribution >= 4 is 35.0 Å². The zero-order valence-electron chi connectivity index (χ0n) is 25.1. The number of carbonyl (C=O) groups is 3. The van der Waals surface area contributed by atoms with E-state index < -0.39 is 0 Å². The van der Waals surface area contributed by atoms with Crippen molar-refractivity contribution in [3.63, 3.8) is 0 Å². The summed E-state index contributed by atoms with van der Waals surface area (Å²) in [5.74, 6) is 0.279. The van der Waals surface area contributed by atoms with Gasteiger partial charge in [-0.1, -0.05) is 48.0 Å². The van der Waals surface area contributed by atoms with Crippen LogP contribution in [0.25, 0.3) is 0 Å². The van der Waals surface area contributed by atoms with E-state index in [0.717, 1.165) is 43.5 Å². The van der Waals surface area contributed by atoms with Crippen molar-refractivity contribution in [3.05, 3.63) is 64.7 Å². The molecule has 3 fully saturated rings. The van der Waals surface area contributed by atoms with Gasteiger partial charge in [-0.15, -0.1) is 0 Å². The first kappa shape index (κ1) is 30.6. The van der Waals surface area contributed by atoms with Crippen molar-refractivity contribution in [1.29, 1.82) is 0 Å². The zero-order chi connectivity index (χ0) is 29.6. The molecule has 226 valence electrons. The summed E-state index contributed by atoms with van der Waals surface area (Å²) in [7, 11) is 0. The number of carbonyl (C=O) groups excluding carboxylic acids is 3. The van der Waals surface area contributed by atoms with E-state index in [-0.39, 0.29) is 29.7 Å². The largest absolute Gasteiger partial charge is 0.353 e. The number of halogens is 1. The summed E-state index contributed by atoms with van der Waals surface area (Å²) >= 11 is 6.48. The van der Waals surface area contributed by atoms with Gasteiger partial charge < -0.3 is 15.1 Å². The highest BCUT2D eigenvalue weighted by atomic mass is 35.5. The Hall–Kier alpha value is -2.90. The second kappa shape index (κ2) is 14.0. The van der Waals surface area contributed by atoms with Crippen LogP contribution in [0.15, 0.2) is 48.5 Å². The SMILES string of the molecule is CC(=O)N1CCC(C(=O)N(CCCN2C3CCC2CC(NC(=O)CCc2ccccc2)C3)c2ccc(C)c(Cl)c2)CC1. The third-order valence-corrected chi connectivity index (χ3v) is 9.96. The second-order valence-electron chi connectivity index (χ2n) is 12.4. The molecule has 0 spiro atoms. The van der Waals surface area contributed by atoms with E-state index in [2.05, 4.69) is 22.3 Å². The second-order valence-corrected chi connectivity index (χ2v) is 12.8. The fourth-order valence-corrected chi connectivity index (χ4v) is 7.32. The minimum absolute atomic E-state index is 0.0771. The molecule has 3 heterocycles. The maximum absolute atomic E-state index is 13.8. The first-order valence-corrected chi connectivity index (χ1v) is 16.1. The van der Waals surface area contributed by atoms with Gasteiger partial charge in [-0.05, 0) is 81.5 Å². The molecule has 3 amide bonds. The Morgan fingerprint density at radius 2 is 1.67 bits per heavy atom. The number of amides is 3. The van der Waals surface area contributed by atoms with Crippen molar-refractivity contribution in [2.45, 2.75) is 89.8 Å². The number of anilines is 1. The summed E-state index contributed by atoms with van der Waals surface area (Å²) in [6, 6.07) is 17.3. The Kier molecular flexibility index (Phi) is 10.2. The number of hydrogen-bond donors (Lipinski definition) is 1. The van der Waals surface area contributed by atoms with Gasteiger partial charge in [0.25, 0.3) is 0 Å². The highest BCUT2D eigenvalue weighted by Gasteiger charge is 2.41. The molecular weight excluding hydrogens is 548 g/mol. The Morgan fingerprint density at radius 3 is 2.31 bits per heavy atom. The molecule has 2 aromatic carbocycles. The average molecular weight is 593 g/mol. The van der Waals surface area contributed by atoms with Gasteiger partial charge in [-0.25, -0.2) is 0 Å². The molecule has 3 aliphatic heterocycles. The number of fused-ring (bicyclic) bond motifs is 2. The van der Waals surface area contributed by atoms with Crippen molar-refractivity contribution in [2.75, 3.05) is 31.1 Å². The number of nitrogens with one attached hydrogen (secondary N) is 1. The van der Waals surface area contributed by atoms with Gasteiger partial charge in [0.15, 0.2) is 0 Å². The molecule has 0 aliphatic carbocycles. The molecule has 0 aromatic heterocycles. The number of piperidine rings is 2. The van der Waals surface area contributed by atoms with Crippen LogP contribution in [0, 0.1) is 12.8 Å². The normalized spacial score (nSPS) is 22.6. The van der Waals surface area contributed by atoms with Gasteiger partial charge >= 0.3 is 0 Å². The topological polar surface area (TPSA) is 73.0 Å². The number of nitrogens with zero attached hydrogens (tertiary/aromatic N) is 3. The van der Waals surface area contributed by atoms with E-state index in [1.54, 1.807) is 6.92 Å². The zero-order valence-corrected chi connectivity index (χ0v) is 25.8. The summed E-state index contributed by atoms with van der Waals surface area (Å²) in [6.07, 6.45) is 7.92. The third-order valence-electron chi connectivity index (χ3n) is 9.55. The van der Waals surface area contributed by atoms with Crippen LogP contribution in [-0.2, 0) is 20.8 Å².